The van der Waals surface area contributed by atoms with Crippen molar-refractivity contribution in [3.8, 4) is 0 Å². The SMILES string of the molecule is O=[N+]([O-])c1ccc(SCC=CCS)cc1. The molecule has 0 saturated heterocycles. The van der Waals surface area contributed by atoms with Crippen molar-refractivity contribution in [1.82, 2.24) is 0 Å². The van der Waals surface area contributed by atoms with Crippen LogP contribution in [0.3, 0.4) is 0 Å². The Bertz CT molecular complexity index is 349. The van der Waals surface area contributed by atoms with Crippen LogP contribution in [0.4, 0.5) is 5.69 Å². The van der Waals surface area contributed by atoms with Gasteiger partial charge in [-0.1, -0.05) is 12.2 Å². The molecule has 0 aromatic heterocycles. The fraction of sp³-hybridized carbons (Fsp3) is 0.200. The quantitative estimate of drug-likeness (QED) is 0.283. The summed E-state index contributed by atoms with van der Waals surface area (Å²) in [6.45, 7) is 0. The van der Waals surface area contributed by atoms with Crippen LogP contribution in [-0.4, -0.2) is 16.4 Å². The minimum Gasteiger partial charge on any atom is -0.258 e. The van der Waals surface area contributed by atoms with E-state index in [1.54, 1.807) is 23.9 Å². The standard InChI is InChI=1S/C10H11NO2S2/c12-11(13)9-3-5-10(6-4-9)15-8-2-1-7-14/h1-6,14H,7-8H2. The van der Waals surface area contributed by atoms with Crippen LogP contribution in [0.1, 0.15) is 0 Å². The molecule has 0 spiro atoms. The summed E-state index contributed by atoms with van der Waals surface area (Å²) in [6.07, 6.45) is 4.00. The van der Waals surface area contributed by atoms with Gasteiger partial charge in [0.15, 0.2) is 0 Å². The van der Waals surface area contributed by atoms with Crippen molar-refractivity contribution in [2.45, 2.75) is 4.90 Å². The third-order valence-corrected chi connectivity index (χ3v) is 2.84. The summed E-state index contributed by atoms with van der Waals surface area (Å²) in [7, 11) is 0. The second kappa shape index (κ2) is 6.53. The summed E-state index contributed by atoms with van der Waals surface area (Å²) in [6, 6.07) is 6.56. The Hall–Kier alpha value is -0.940. The van der Waals surface area contributed by atoms with Crippen LogP contribution in [0.2, 0.25) is 0 Å². The van der Waals surface area contributed by atoms with Crippen LogP contribution in [0.25, 0.3) is 0 Å². The van der Waals surface area contributed by atoms with Crippen molar-refractivity contribution >= 4 is 30.1 Å². The van der Waals surface area contributed by atoms with Gasteiger partial charge in [-0.15, -0.1) is 11.8 Å². The molecule has 1 aromatic carbocycles. The molecule has 0 amide bonds. The van der Waals surface area contributed by atoms with Crippen LogP contribution in [0.15, 0.2) is 41.3 Å². The molecule has 0 heterocycles. The minimum atomic E-state index is -0.394. The first-order valence-corrected chi connectivity index (χ1v) is 5.99. The van der Waals surface area contributed by atoms with Crippen molar-refractivity contribution in [1.29, 1.82) is 0 Å². The van der Waals surface area contributed by atoms with Gasteiger partial charge in [-0.2, -0.15) is 12.6 Å². The molecule has 1 rings (SSSR count). The van der Waals surface area contributed by atoms with Gasteiger partial charge in [-0.3, -0.25) is 10.1 Å². The number of thiol groups is 1. The molecule has 5 heteroatoms. The summed E-state index contributed by atoms with van der Waals surface area (Å²) in [5.74, 6) is 1.60. The van der Waals surface area contributed by atoms with Gasteiger partial charge in [-0.25, -0.2) is 0 Å². The predicted octanol–water partition coefficient (Wildman–Crippen LogP) is 3.17. The van der Waals surface area contributed by atoms with E-state index in [4.69, 9.17) is 0 Å². The van der Waals surface area contributed by atoms with Gasteiger partial charge in [0.05, 0.1) is 4.92 Å². The second-order valence-corrected chi connectivity index (χ2v) is 4.17. The molecule has 0 unspecified atom stereocenters. The lowest BCUT2D eigenvalue weighted by Gasteiger charge is -1.97. The summed E-state index contributed by atoms with van der Waals surface area (Å²) >= 11 is 5.68. The molecule has 0 atom stereocenters. The Labute approximate surface area is 98.1 Å². The van der Waals surface area contributed by atoms with Crippen LogP contribution in [-0.2, 0) is 0 Å². The zero-order chi connectivity index (χ0) is 11.1. The fourth-order valence-corrected chi connectivity index (χ4v) is 1.85. The maximum atomic E-state index is 10.4. The number of thioether (sulfide) groups is 1. The summed E-state index contributed by atoms with van der Waals surface area (Å²) in [5, 5.41) is 10.4. The number of hydrogen-bond donors (Lipinski definition) is 1. The number of rotatable bonds is 5. The van der Waals surface area contributed by atoms with E-state index in [0.29, 0.717) is 0 Å². The third kappa shape index (κ3) is 4.40. The van der Waals surface area contributed by atoms with E-state index in [1.807, 2.05) is 12.2 Å². The number of nitro benzene ring substituents is 1. The van der Waals surface area contributed by atoms with E-state index < -0.39 is 4.92 Å². The molecule has 80 valence electrons. The van der Waals surface area contributed by atoms with E-state index in [0.717, 1.165) is 16.4 Å². The Kier molecular flexibility index (Phi) is 5.28. The van der Waals surface area contributed by atoms with Crippen LogP contribution < -0.4 is 0 Å². The molecule has 0 aliphatic heterocycles. The first kappa shape index (κ1) is 12.1. The predicted molar refractivity (Wildman–Crippen MR) is 66.8 cm³/mol. The third-order valence-electron chi connectivity index (χ3n) is 1.67. The van der Waals surface area contributed by atoms with E-state index in [1.165, 1.54) is 12.1 Å². The first-order chi connectivity index (χ1) is 7.24. The lowest BCUT2D eigenvalue weighted by Crippen LogP contribution is -1.86. The van der Waals surface area contributed by atoms with Gasteiger partial charge in [0.2, 0.25) is 0 Å². The Morgan fingerprint density at radius 1 is 1.33 bits per heavy atom. The largest absolute Gasteiger partial charge is 0.269 e. The molecule has 0 aliphatic rings. The highest BCUT2D eigenvalue weighted by atomic mass is 32.2. The lowest BCUT2D eigenvalue weighted by atomic mass is 10.3. The summed E-state index contributed by atoms with van der Waals surface area (Å²) in [4.78, 5) is 11.0. The number of benzene rings is 1. The van der Waals surface area contributed by atoms with Crippen LogP contribution in [0, 0.1) is 10.1 Å². The van der Waals surface area contributed by atoms with Crippen molar-refractivity contribution in [2.24, 2.45) is 0 Å². The normalized spacial score (nSPS) is 10.7. The molecule has 0 bridgehead atoms. The summed E-state index contributed by atoms with van der Waals surface area (Å²) in [5.41, 5.74) is 0.130. The average Bonchev–Trinajstić information content (AvgIpc) is 2.25. The molecular weight excluding hydrogens is 230 g/mol. The zero-order valence-corrected chi connectivity index (χ0v) is 9.71. The lowest BCUT2D eigenvalue weighted by molar-refractivity contribution is -0.384. The average molecular weight is 241 g/mol. The van der Waals surface area contributed by atoms with Gasteiger partial charge in [0.25, 0.3) is 5.69 Å². The highest BCUT2D eigenvalue weighted by molar-refractivity contribution is 7.99. The molecule has 0 fully saturated rings. The van der Waals surface area contributed by atoms with Crippen molar-refractivity contribution in [3.05, 3.63) is 46.5 Å². The van der Waals surface area contributed by atoms with E-state index in [2.05, 4.69) is 12.6 Å². The monoisotopic (exact) mass is 241 g/mol. The molecule has 0 aliphatic carbocycles. The highest BCUT2D eigenvalue weighted by Gasteiger charge is 2.03. The van der Waals surface area contributed by atoms with Gasteiger partial charge in [0, 0.05) is 28.5 Å². The molecule has 0 radical (unpaired) electrons. The molecule has 0 saturated carbocycles. The minimum absolute atomic E-state index is 0.130. The van der Waals surface area contributed by atoms with E-state index >= 15 is 0 Å². The van der Waals surface area contributed by atoms with Crippen LogP contribution in [0.5, 0.6) is 0 Å². The van der Waals surface area contributed by atoms with Crippen molar-refractivity contribution in [2.75, 3.05) is 11.5 Å². The van der Waals surface area contributed by atoms with Gasteiger partial charge < -0.3 is 0 Å². The second-order valence-electron chi connectivity index (χ2n) is 2.72. The smallest absolute Gasteiger partial charge is 0.258 e. The maximum absolute atomic E-state index is 10.4. The van der Waals surface area contributed by atoms with E-state index in [9.17, 15) is 10.1 Å². The Morgan fingerprint density at radius 2 is 2.00 bits per heavy atom. The molecule has 3 nitrogen and oxygen atoms in total. The summed E-state index contributed by atoms with van der Waals surface area (Å²) < 4.78 is 0. The first-order valence-electron chi connectivity index (χ1n) is 4.37. The van der Waals surface area contributed by atoms with Gasteiger partial charge in [0.1, 0.15) is 0 Å². The number of nitro groups is 1. The Balaban J connectivity index is 2.50. The van der Waals surface area contributed by atoms with Gasteiger partial charge in [-0.05, 0) is 12.1 Å². The van der Waals surface area contributed by atoms with E-state index in [-0.39, 0.29) is 5.69 Å². The molecule has 1 aromatic rings. The maximum Gasteiger partial charge on any atom is 0.269 e. The molecular formula is C10H11NO2S2. The van der Waals surface area contributed by atoms with Gasteiger partial charge >= 0.3 is 0 Å². The number of non-ortho nitro benzene ring substituents is 1. The fourth-order valence-electron chi connectivity index (χ4n) is 0.951. The number of hydrogen-bond acceptors (Lipinski definition) is 4. The topological polar surface area (TPSA) is 43.1 Å². The Morgan fingerprint density at radius 3 is 2.53 bits per heavy atom. The van der Waals surface area contributed by atoms with Crippen LogP contribution >= 0.6 is 24.4 Å². The van der Waals surface area contributed by atoms with Crippen molar-refractivity contribution in [3.63, 3.8) is 0 Å². The molecule has 15 heavy (non-hydrogen) atoms. The molecule has 0 N–H and O–H groups in total. The van der Waals surface area contributed by atoms with Crippen molar-refractivity contribution < 1.29 is 4.92 Å². The number of nitrogens with zero attached hydrogens (tertiary/aromatic N) is 1. The highest BCUT2D eigenvalue weighted by Crippen LogP contribution is 2.21. The zero-order valence-electron chi connectivity index (χ0n) is 8.00.